The Hall–Kier alpha value is -2.14. The molecule has 3 heterocycles. The number of aryl methyl sites for hydroxylation is 1. The number of hydrogen-bond acceptors (Lipinski definition) is 3. The van der Waals surface area contributed by atoms with Crippen LogP contribution in [0.4, 0.5) is 5.69 Å². The van der Waals surface area contributed by atoms with Gasteiger partial charge in [0.2, 0.25) is 5.91 Å². The molecule has 5 heteroatoms. The summed E-state index contributed by atoms with van der Waals surface area (Å²) in [7, 11) is 0. The van der Waals surface area contributed by atoms with Crippen molar-refractivity contribution in [1.82, 2.24) is 14.7 Å². The van der Waals surface area contributed by atoms with Crippen LogP contribution < -0.4 is 4.90 Å². The Morgan fingerprint density at radius 2 is 1.85 bits per heavy atom. The third kappa shape index (κ3) is 4.15. The van der Waals surface area contributed by atoms with Crippen LogP contribution >= 0.6 is 0 Å². The van der Waals surface area contributed by atoms with E-state index < -0.39 is 0 Å². The molecule has 2 fully saturated rings. The van der Waals surface area contributed by atoms with Crippen molar-refractivity contribution in [2.24, 2.45) is 11.8 Å². The average Bonchev–Trinajstić information content (AvgIpc) is 3.31. The highest BCUT2D eigenvalue weighted by atomic mass is 16.2. The lowest BCUT2D eigenvalue weighted by molar-refractivity contribution is -0.117. The van der Waals surface area contributed by atoms with Gasteiger partial charge in [-0.05, 0) is 62.4 Å². The van der Waals surface area contributed by atoms with E-state index in [0.29, 0.717) is 12.3 Å². The van der Waals surface area contributed by atoms with E-state index >= 15 is 0 Å². The maximum absolute atomic E-state index is 12.4. The molecule has 2 aliphatic heterocycles. The van der Waals surface area contributed by atoms with E-state index in [1.807, 2.05) is 58.4 Å². The van der Waals surface area contributed by atoms with Crippen molar-refractivity contribution < 1.29 is 4.79 Å². The van der Waals surface area contributed by atoms with Gasteiger partial charge in [-0.25, -0.2) is 0 Å². The van der Waals surface area contributed by atoms with E-state index in [1.165, 1.54) is 32.4 Å². The maximum Gasteiger partial charge on any atom is 0.227 e. The molecular formula is C21H28N4O. The highest BCUT2D eigenvalue weighted by Crippen LogP contribution is 2.27. The van der Waals surface area contributed by atoms with Crippen LogP contribution in [0.3, 0.4) is 0 Å². The first kappa shape index (κ1) is 17.3. The van der Waals surface area contributed by atoms with Crippen molar-refractivity contribution in [1.29, 1.82) is 0 Å². The summed E-state index contributed by atoms with van der Waals surface area (Å²) in [6, 6.07) is 12.1. The van der Waals surface area contributed by atoms with Gasteiger partial charge in [-0.1, -0.05) is 18.2 Å². The second-order valence-corrected chi connectivity index (χ2v) is 7.71. The van der Waals surface area contributed by atoms with Crippen molar-refractivity contribution in [3.8, 4) is 0 Å². The van der Waals surface area contributed by atoms with Crippen LogP contribution in [0.2, 0.25) is 0 Å². The molecule has 0 bridgehead atoms. The van der Waals surface area contributed by atoms with Gasteiger partial charge in [0.1, 0.15) is 0 Å². The third-order valence-corrected chi connectivity index (χ3v) is 5.82. The summed E-state index contributed by atoms with van der Waals surface area (Å²) < 4.78 is 2.04. The van der Waals surface area contributed by atoms with Crippen molar-refractivity contribution in [2.45, 2.75) is 32.2 Å². The molecule has 1 atom stereocenters. The van der Waals surface area contributed by atoms with Crippen LogP contribution in [0.5, 0.6) is 0 Å². The average molecular weight is 352 g/mol. The molecule has 0 unspecified atom stereocenters. The zero-order valence-electron chi connectivity index (χ0n) is 15.3. The molecule has 4 rings (SSSR count). The van der Waals surface area contributed by atoms with Crippen LogP contribution in [0.1, 0.15) is 25.7 Å². The van der Waals surface area contributed by atoms with Gasteiger partial charge >= 0.3 is 0 Å². The summed E-state index contributed by atoms with van der Waals surface area (Å²) in [5, 5.41) is 4.29. The van der Waals surface area contributed by atoms with Gasteiger partial charge < -0.3 is 9.80 Å². The lowest BCUT2D eigenvalue weighted by atomic mass is 9.93. The van der Waals surface area contributed by atoms with E-state index in [4.69, 9.17) is 0 Å². The molecule has 0 radical (unpaired) electrons. The molecule has 5 nitrogen and oxygen atoms in total. The van der Waals surface area contributed by atoms with Gasteiger partial charge in [0.05, 0.1) is 0 Å². The number of carbonyl (C=O) groups excluding carboxylic acids is 1. The van der Waals surface area contributed by atoms with E-state index in [0.717, 1.165) is 31.2 Å². The second kappa shape index (κ2) is 8.04. The number of nitrogens with zero attached hydrogens (tertiary/aromatic N) is 4. The number of benzene rings is 1. The van der Waals surface area contributed by atoms with Gasteiger partial charge in [0.25, 0.3) is 0 Å². The predicted octanol–water partition coefficient (Wildman–Crippen LogP) is 3.04. The predicted molar refractivity (Wildman–Crippen MR) is 103 cm³/mol. The first-order valence-corrected chi connectivity index (χ1v) is 9.83. The van der Waals surface area contributed by atoms with Crippen LogP contribution in [0, 0.1) is 11.8 Å². The van der Waals surface area contributed by atoms with Gasteiger partial charge in [-0.2, -0.15) is 5.10 Å². The third-order valence-electron chi connectivity index (χ3n) is 5.82. The number of piperidine rings is 1. The summed E-state index contributed by atoms with van der Waals surface area (Å²) in [5.41, 5.74) is 1.04. The number of aromatic nitrogens is 2. The number of amides is 1. The fourth-order valence-corrected chi connectivity index (χ4v) is 4.33. The minimum absolute atomic E-state index is 0.273. The highest BCUT2D eigenvalue weighted by molar-refractivity contribution is 5.95. The largest absolute Gasteiger partial charge is 0.312 e. The minimum Gasteiger partial charge on any atom is -0.312 e. The first-order chi connectivity index (χ1) is 12.8. The summed E-state index contributed by atoms with van der Waals surface area (Å²) in [5.74, 6) is 1.54. The Morgan fingerprint density at radius 3 is 2.58 bits per heavy atom. The zero-order chi connectivity index (χ0) is 17.8. The summed E-state index contributed by atoms with van der Waals surface area (Å²) in [4.78, 5) is 16.9. The summed E-state index contributed by atoms with van der Waals surface area (Å²) in [6.07, 6.45) is 8.34. The van der Waals surface area contributed by atoms with Gasteiger partial charge in [-0.3, -0.25) is 9.48 Å². The summed E-state index contributed by atoms with van der Waals surface area (Å²) in [6.45, 7) is 5.28. The monoisotopic (exact) mass is 352 g/mol. The molecule has 0 saturated carbocycles. The van der Waals surface area contributed by atoms with Gasteiger partial charge in [0, 0.05) is 44.1 Å². The van der Waals surface area contributed by atoms with E-state index in [2.05, 4.69) is 10.00 Å². The zero-order valence-corrected chi connectivity index (χ0v) is 15.3. The van der Waals surface area contributed by atoms with Gasteiger partial charge in [0.15, 0.2) is 0 Å². The topological polar surface area (TPSA) is 41.4 Å². The lowest BCUT2D eigenvalue weighted by Gasteiger charge is -2.33. The fraction of sp³-hybridized carbons (Fsp3) is 0.524. The van der Waals surface area contributed by atoms with Gasteiger partial charge in [-0.15, -0.1) is 0 Å². The minimum atomic E-state index is 0.273. The van der Waals surface area contributed by atoms with Crippen LogP contribution in [0.25, 0.3) is 0 Å². The molecule has 26 heavy (non-hydrogen) atoms. The number of likely N-dealkylation sites (tertiary alicyclic amines) is 1. The molecule has 2 saturated heterocycles. The Balaban J connectivity index is 1.22. The van der Waals surface area contributed by atoms with Crippen molar-refractivity contribution in [2.75, 3.05) is 31.1 Å². The number of carbonyl (C=O) groups is 1. The molecule has 1 aromatic carbocycles. The summed E-state index contributed by atoms with van der Waals surface area (Å²) >= 11 is 0. The molecule has 0 spiro atoms. The second-order valence-electron chi connectivity index (χ2n) is 7.71. The quantitative estimate of drug-likeness (QED) is 0.802. The molecule has 1 aromatic heterocycles. The fourth-order valence-electron chi connectivity index (χ4n) is 4.33. The van der Waals surface area contributed by atoms with E-state index in [9.17, 15) is 4.79 Å². The highest BCUT2D eigenvalue weighted by Gasteiger charge is 2.32. The SMILES string of the molecule is O=C1C[C@@H](CN2CCC(CCn3cccn3)CC2)CN1c1ccccc1. The smallest absolute Gasteiger partial charge is 0.227 e. The van der Waals surface area contributed by atoms with Crippen LogP contribution in [-0.2, 0) is 11.3 Å². The molecule has 2 aliphatic rings. The lowest BCUT2D eigenvalue weighted by Crippen LogP contribution is -2.38. The molecule has 138 valence electrons. The Kier molecular flexibility index (Phi) is 5.34. The molecule has 0 aliphatic carbocycles. The molecule has 1 amide bonds. The number of para-hydroxylation sites is 1. The maximum atomic E-state index is 12.4. The van der Waals surface area contributed by atoms with Crippen molar-refractivity contribution in [3.05, 3.63) is 48.8 Å². The van der Waals surface area contributed by atoms with Crippen LogP contribution in [-0.4, -0.2) is 46.8 Å². The number of anilines is 1. The Labute approximate surface area is 155 Å². The normalized spacial score (nSPS) is 22.2. The Morgan fingerprint density at radius 1 is 1.04 bits per heavy atom. The van der Waals surface area contributed by atoms with E-state index in [1.54, 1.807) is 0 Å². The van der Waals surface area contributed by atoms with Crippen molar-refractivity contribution >= 4 is 11.6 Å². The standard InChI is InChI=1S/C21H28N4O/c26-21-15-19(17-25(21)20-5-2-1-3-6-20)16-23-12-7-18(8-13-23)9-14-24-11-4-10-22-24/h1-6,10-11,18-19H,7-9,12-17H2/t19-/m0/s1. The van der Waals surface area contributed by atoms with E-state index in [-0.39, 0.29) is 5.91 Å². The van der Waals surface area contributed by atoms with Crippen LogP contribution in [0.15, 0.2) is 48.8 Å². The molecular weight excluding hydrogens is 324 g/mol. The number of hydrogen-bond donors (Lipinski definition) is 0. The Bertz CT molecular complexity index is 692. The number of rotatable bonds is 6. The first-order valence-electron chi connectivity index (χ1n) is 9.83. The molecule has 0 N–H and O–H groups in total. The van der Waals surface area contributed by atoms with Crippen molar-refractivity contribution in [3.63, 3.8) is 0 Å². The molecule has 2 aromatic rings.